The van der Waals surface area contributed by atoms with Gasteiger partial charge in [-0.15, -0.1) is 0 Å². The van der Waals surface area contributed by atoms with Crippen LogP contribution in [0.3, 0.4) is 0 Å². The molecule has 4 aromatic rings. The number of nitrogens with one attached hydrogen (secondary N) is 1. The van der Waals surface area contributed by atoms with Crippen molar-refractivity contribution >= 4 is 51.1 Å². The number of hydrogen-bond donors (Lipinski definition) is 1. The molecule has 2 aromatic carbocycles. The molecule has 38 heavy (non-hydrogen) atoms. The van der Waals surface area contributed by atoms with Crippen molar-refractivity contribution in [3.63, 3.8) is 0 Å². The molecule has 1 saturated heterocycles. The molecule has 0 radical (unpaired) electrons. The Hall–Kier alpha value is -2.81. The molecule has 9 heteroatoms. The molecule has 2 aromatic heterocycles. The Morgan fingerprint density at radius 2 is 1.89 bits per heavy atom. The zero-order valence-corrected chi connectivity index (χ0v) is 22.9. The first-order valence-corrected chi connectivity index (χ1v) is 14.8. The molecule has 3 heterocycles. The minimum Gasteiger partial charge on any atom is -0.360 e. The highest BCUT2D eigenvalue weighted by Crippen LogP contribution is 2.36. The molecule has 2 aliphatic rings. The Labute approximate surface area is 230 Å². The van der Waals surface area contributed by atoms with Gasteiger partial charge in [0.15, 0.2) is 0 Å². The number of hydrogen-bond acceptors (Lipinski definition) is 6. The average molecular weight is 551 g/mol. The number of fused-ring (bicyclic) bond motifs is 3. The van der Waals surface area contributed by atoms with E-state index in [1.807, 2.05) is 64.9 Å². The number of thioether (sulfide) groups is 1. The summed E-state index contributed by atoms with van der Waals surface area (Å²) in [5.74, 6) is 2.60. The Morgan fingerprint density at radius 1 is 1.11 bits per heavy atom. The van der Waals surface area contributed by atoms with E-state index in [4.69, 9.17) is 16.1 Å². The Balaban J connectivity index is 1.31. The second-order valence-electron chi connectivity index (χ2n) is 10.3. The SMILES string of the molecule is Cc1onc2c1c(=O)n(C1CCCC(NC(=O)C(c3ccccc3)N3CCSCC3)C1)c1cccc(Cl)c21. The van der Waals surface area contributed by atoms with Crippen molar-refractivity contribution in [2.24, 2.45) is 0 Å². The summed E-state index contributed by atoms with van der Waals surface area (Å²) in [6.45, 7) is 3.55. The van der Waals surface area contributed by atoms with Crippen molar-refractivity contribution in [3.05, 3.63) is 75.2 Å². The third-order valence-electron chi connectivity index (χ3n) is 7.92. The fourth-order valence-corrected chi connectivity index (χ4v) is 7.33. The number of aryl methyl sites for hydroxylation is 1. The normalized spacial score (nSPS) is 21.5. The monoisotopic (exact) mass is 550 g/mol. The van der Waals surface area contributed by atoms with E-state index in [1.54, 1.807) is 6.92 Å². The fourth-order valence-electron chi connectivity index (χ4n) is 6.14. The first kappa shape index (κ1) is 25.5. The van der Waals surface area contributed by atoms with Crippen LogP contribution in [-0.4, -0.2) is 51.2 Å². The van der Waals surface area contributed by atoms with Gasteiger partial charge in [-0.2, -0.15) is 11.8 Å². The van der Waals surface area contributed by atoms with E-state index in [0.29, 0.717) is 28.1 Å². The molecule has 0 spiro atoms. The highest BCUT2D eigenvalue weighted by molar-refractivity contribution is 7.99. The van der Waals surface area contributed by atoms with Gasteiger partial charge in [0.1, 0.15) is 22.7 Å². The number of nitrogens with zero attached hydrogens (tertiary/aromatic N) is 3. The van der Waals surface area contributed by atoms with E-state index < -0.39 is 0 Å². The van der Waals surface area contributed by atoms with Gasteiger partial charge in [-0.05, 0) is 50.3 Å². The molecule has 2 fully saturated rings. The van der Waals surface area contributed by atoms with Gasteiger partial charge in [0, 0.05) is 42.1 Å². The lowest BCUT2D eigenvalue weighted by molar-refractivity contribution is -0.127. The summed E-state index contributed by atoms with van der Waals surface area (Å²) >= 11 is 8.55. The number of carbonyl (C=O) groups is 1. The molecule has 1 aliphatic heterocycles. The summed E-state index contributed by atoms with van der Waals surface area (Å²) < 4.78 is 7.28. The van der Waals surface area contributed by atoms with Crippen LogP contribution >= 0.6 is 23.4 Å². The molecule has 7 nitrogen and oxygen atoms in total. The van der Waals surface area contributed by atoms with Gasteiger partial charge in [-0.3, -0.25) is 14.5 Å². The smallest absolute Gasteiger partial charge is 0.264 e. The van der Waals surface area contributed by atoms with Crippen LogP contribution in [-0.2, 0) is 4.79 Å². The Morgan fingerprint density at radius 3 is 2.68 bits per heavy atom. The minimum absolute atomic E-state index is 0.0213. The third kappa shape index (κ3) is 4.63. The van der Waals surface area contributed by atoms with Gasteiger partial charge < -0.3 is 14.4 Å². The quantitative estimate of drug-likeness (QED) is 0.354. The molecule has 3 atom stereocenters. The maximum Gasteiger partial charge on any atom is 0.264 e. The topological polar surface area (TPSA) is 80.4 Å². The highest BCUT2D eigenvalue weighted by atomic mass is 35.5. The van der Waals surface area contributed by atoms with Crippen molar-refractivity contribution < 1.29 is 9.32 Å². The van der Waals surface area contributed by atoms with E-state index >= 15 is 0 Å². The van der Waals surface area contributed by atoms with Gasteiger partial charge in [0.2, 0.25) is 5.91 Å². The van der Waals surface area contributed by atoms with Gasteiger partial charge in [0.05, 0.1) is 10.5 Å². The molecule has 0 bridgehead atoms. The van der Waals surface area contributed by atoms with Gasteiger partial charge in [-0.25, -0.2) is 0 Å². The number of rotatable bonds is 5. The van der Waals surface area contributed by atoms with Gasteiger partial charge in [0.25, 0.3) is 5.56 Å². The molecule has 198 valence electrons. The van der Waals surface area contributed by atoms with Crippen LogP contribution in [0.5, 0.6) is 0 Å². The summed E-state index contributed by atoms with van der Waals surface area (Å²) in [4.78, 5) is 29.9. The van der Waals surface area contributed by atoms with Crippen molar-refractivity contribution in [2.75, 3.05) is 24.6 Å². The summed E-state index contributed by atoms with van der Waals surface area (Å²) in [6.07, 6.45) is 3.35. The Kier molecular flexibility index (Phi) is 7.20. The van der Waals surface area contributed by atoms with Crippen LogP contribution in [0.15, 0.2) is 57.8 Å². The lowest BCUT2D eigenvalue weighted by Gasteiger charge is -2.36. The largest absolute Gasteiger partial charge is 0.360 e. The van der Waals surface area contributed by atoms with Gasteiger partial charge in [-0.1, -0.05) is 53.2 Å². The van der Waals surface area contributed by atoms with Crippen LogP contribution in [0.4, 0.5) is 0 Å². The van der Waals surface area contributed by atoms with Crippen LogP contribution in [0.25, 0.3) is 21.8 Å². The standard InChI is InChI=1S/C29H31ClN4O3S/c1-18-24-26(32-37-18)25-22(30)11-6-12-23(25)34(29(24)36)21-10-5-9-20(17-21)31-28(35)27(19-7-3-2-4-8-19)33-13-15-38-16-14-33/h2-4,6-8,11-12,20-21,27H,5,9-10,13-17H2,1H3,(H,31,35). The van der Waals surface area contributed by atoms with E-state index in [2.05, 4.69) is 15.4 Å². The molecular weight excluding hydrogens is 520 g/mol. The summed E-state index contributed by atoms with van der Waals surface area (Å²) in [5, 5.41) is 9.30. The fraction of sp³-hybridized carbons (Fsp3) is 0.414. The molecule has 6 rings (SSSR count). The van der Waals surface area contributed by atoms with Crippen LogP contribution in [0.2, 0.25) is 5.02 Å². The highest BCUT2D eigenvalue weighted by Gasteiger charge is 2.33. The predicted octanol–water partition coefficient (Wildman–Crippen LogP) is 5.49. The first-order chi connectivity index (χ1) is 18.5. The number of amides is 1. The van der Waals surface area contributed by atoms with E-state index in [0.717, 1.165) is 60.3 Å². The maximum atomic E-state index is 13.8. The average Bonchev–Trinajstić information content (AvgIpc) is 3.32. The van der Waals surface area contributed by atoms with Crippen molar-refractivity contribution in [3.8, 4) is 0 Å². The number of aromatic nitrogens is 2. The minimum atomic E-state index is -0.309. The number of pyridine rings is 1. The molecule has 3 unspecified atom stereocenters. The second kappa shape index (κ2) is 10.8. The molecule has 1 saturated carbocycles. The molecule has 1 amide bonds. The van der Waals surface area contributed by atoms with Crippen LogP contribution in [0.1, 0.15) is 49.1 Å². The number of halogens is 1. The van der Waals surface area contributed by atoms with Crippen molar-refractivity contribution in [2.45, 2.75) is 50.7 Å². The van der Waals surface area contributed by atoms with Crippen molar-refractivity contribution in [1.82, 2.24) is 19.9 Å². The maximum absolute atomic E-state index is 13.8. The van der Waals surface area contributed by atoms with E-state index in [9.17, 15) is 9.59 Å². The number of benzene rings is 2. The Bertz CT molecular complexity index is 1530. The van der Waals surface area contributed by atoms with E-state index in [-0.39, 0.29) is 29.6 Å². The molecule has 1 aliphatic carbocycles. The zero-order valence-electron chi connectivity index (χ0n) is 21.4. The molecule has 1 N–H and O–H groups in total. The number of carbonyl (C=O) groups excluding carboxylic acids is 1. The zero-order chi connectivity index (χ0) is 26.2. The third-order valence-corrected chi connectivity index (χ3v) is 9.17. The molecular formula is C29H31ClN4O3S. The summed E-state index contributed by atoms with van der Waals surface area (Å²) in [7, 11) is 0. The lowest BCUT2D eigenvalue weighted by Crippen LogP contribution is -2.48. The van der Waals surface area contributed by atoms with E-state index in [1.165, 1.54) is 0 Å². The van der Waals surface area contributed by atoms with Crippen molar-refractivity contribution in [1.29, 1.82) is 0 Å². The van der Waals surface area contributed by atoms with Crippen LogP contribution in [0, 0.1) is 6.92 Å². The first-order valence-electron chi connectivity index (χ1n) is 13.3. The predicted molar refractivity (Wildman–Crippen MR) is 153 cm³/mol. The lowest BCUT2D eigenvalue weighted by atomic mass is 9.89. The van der Waals surface area contributed by atoms with Gasteiger partial charge >= 0.3 is 0 Å². The summed E-state index contributed by atoms with van der Waals surface area (Å²) in [6, 6.07) is 15.3. The second-order valence-corrected chi connectivity index (χ2v) is 11.9. The van der Waals surface area contributed by atoms with Crippen LogP contribution < -0.4 is 10.9 Å². The summed E-state index contributed by atoms with van der Waals surface area (Å²) in [5.41, 5.74) is 2.18.